The zero-order valence-electron chi connectivity index (χ0n) is 17.3. The fourth-order valence-corrected chi connectivity index (χ4v) is 2.99. The molecule has 0 saturated carbocycles. The largest absolute Gasteiger partial charge is 0.508 e. The van der Waals surface area contributed by atoms with Crippen LogP contribution in [0.1, 0.15) is 11.1 Å². The van der Waals surface area contributed by atoms with Gasteiger partial charge in [-0.1, -0.05) is 11.6 Å². The first-order valence-electron chi connectivity index (χ1n) is 9.53. The number of amides is 1. The lowest BCUT2D eigenvalue weighted by Gasteiger charge is -2.12. The summed E-state index contributed by atoms with van der Waals surface area (Å²) < 4.78 is 44.4. The topological polar surface area (TPSA) is 125 Å². The van der Waals surface area contributed by atoms with Gasteiger partial charge in [-0.15, -0.1) is 0 Å². The van der Waals surface area contributed by atoms with E-state index in [-0.39, 0.29) is 27.8 Å². The predicted molar refractivity (Wildman–Crippen MR) is 120 cm³/mol. The molecule has 0 heterocycles. The van der Waals surface area contributed by atoms with Crippen molar-refractivity contribution in [3.63, 3.8) is 0 Å². The van der Waals surface area contributed by atoms with Crippen LogP contribution in [0.3, 0.4) is 0 Å². The number of halogens is 4. The third-order valence-electron chi connectivity index (χ3n) is 4.46. The molecule has 0 spiro atoms. The number of anilines is 1. The number of rotatable bonds is 6. The predicted octanol–water partition coefficient (Wildman–Crippen LogP) is 6.31. The van der Waals surface area contributed by atoms with Gasteiger partial charge < -0.3 is 15.2 Å². The van der Waals surface area contributed by atoms with Crippen LogP contribution in [0.4, 0.5) is 24.5 Å². The molecule has 0 aliphatic carbocycles. The number of phenolic OH excluding ortho intramolecular Hbond substituents is 1. The summed E-state index contributed by atoms with van der Waals surface area (Å²) in [5, 5.41) is 32.8. The van der Waals surface area contributed by atoms with E-state index in [2.05, 4.69) is 5.32 Å². The van der Waals surface area contributed by atoms with E-state index in [1.807, 2.05) is 0 Å². The number of hydrogen-bond acceptors (Lipinski definition) is 6. The summed E-state index contributed by atoms with van der Waals surface area (Å²) in [6.45, 7) is 0. The summed E-state index contributed by atoms with van der Waals surface area (Å²) in [5.74, 6) is -1.45. The van der Waals surface area contributed by atoms with Crippen molar-refractivity contribution < 1.29 is 32.7 Å². The Hall–Kier alpha value is -4.56. The van der Waals surface area contributed by atoms with E-state index in [1.165, 1.54) is 42.5 Å². The molecule has 35 heavy (non-hydrogen) atoms. The summed E-state index contributed by atoms with van der Waals surface area (Å²) in [4.78, 5) is 22.9. The maximum atomic E-state index is 13.0. The average molecular weight is 504 g/mol. The van der Waals surface area contributed by atoms with Gasteiger partial charge in [-0.2, -0.15) is 18.4 Å². The molecule has 0 aliphatic heterocycles. The minimum atomic E-state index is -4.80. The van der Waals surface area contributed by atoms with Gasteiger partial charge in [-0.05, 0) is 60.7 Å². The van der Waals surface area contributed by atoms with Gasteiger partial charge in [-0.3, -0.25) is 14.9 Å². The molecular weight excluding hydrogens is 491 g/mol. The Kier molecular flexibility index (Phi) is 7.27. The number of nitro groups is 1. The number of nitrogens with zero attached hydrogens (tertiary/aromatic N) is 2. The molecule has 0 unspecified atom stereocenters. The minimum absolute atomic E-state index is 0.0304. The second kappa shape index (κ2) is 10.1. The highest BCUT2D eigenvalue weighted by molar-refractivity contribution is 6.30. The van der Waals surface area contributed by atoms with Crippen molar-refractivity contribution in [2.45, 2.75) is 6.18 Å². The number of aromatic hydroxyl groups is 1. The van der Waals surface area contributed by atoms with Crippen LogP contribution in [-0.4, -0.2) is 15.9 Å². The monoisotopic (exact) mass is 503 g/mol. The van der Waals surface area contributed by atoms with Crippen LogP contribution in [0.25, 0.3) is 6.08 Å². The number of alkyl halides is 3. The van der Waals surface area contributed by atoms with Crippen LogP contribution in [0.2, 0.25) is 5.02 Å². The molecule has 0 aromatic heterocycles. The number of benzene rings is 3. The number of carbonyl (C=O) groups excluding carboxylic acids is 1. The second-order valence-corrected chi connectivity index (χ2v) is 7.33. The number of ether oxygens (including phenoxy) is 1. The van der Waals surface area contributed by atoms with E-state index < -0.39 is 39.6 Å². The van der Waals surface area contributed by atoms with Crippen molar-refractivity contribution >= 4 is 35.0 Å². The highest BCUT2D eigenvalue weighted by atomic mass is 35.5. The summed E-state index contributed by atoms with van der Waals surface area (Å²) >= 11 is 6.00. The highest BCUT2D eigenvalue weighted by Crippen LogP contribution is 2.39. The molecule has 0 bridgehead atoms. The lowest BCUT2D eigenvalue weighted by Crippen LogP contribution is -2.13. The molecule has 0 saturated heterocycles. The van der Waals surface area contributed by atoms with Gasteiger partial charge in [0.05, 0.1) is 10.5 Å². The van der Waals surface area contributed by atoms with E-state index in [9.17, 15) is 38.4 Å². The van der Waals surface area contributed by atoms with Crippen molar-refractivity contribution in [3.05, 3.63) is 92.5 Å². The van der Waals surface area contributed by atoms with Gasteiger partial charge in [-0.25, -0.2) is 0 Å². The van der Waals surface area contributed by atoms with Gasteiger partial charge >= 0.3 is 11.9 Å². The summed E-state index contributed by atoms with van der Waals surface area (Å²) in [5.41, 5.74) is -2.21. The van der Waals surface area contributed by atoms with E-state index in [0.29, 0.717) is 12.1 Å². The van der Waals surface area contributed by atoms with E-state index in [4.69, 9.17) is 16.3 Å². The zero-order valence-corrected chi connectivity index (χ0v) is 18.1. The van der Waals surface area contributed by atoms with Gasteiger partial charge in [0, 0.05) is 22.3 Å². The van der Waals surface area contributed by atoms with Gasteiger partial charge in [0.15, 0.2) is 0 Å². The molecule has 0 aliphatic rings. The van der Waals surface area contributed by atoms with Crippen molar-refractivity contribution in [2.24, 2.45) is 0 Å². The summed E-state index contributed by atoms with van der Waals surface area (Å²) in [6.07, 6.45) is -3.70. The fourth-order valence-electron chi connectivity index (χ4n) is 2.81. The zero-order chi connectivity index (χ0) is 25.8. The quantitative estimate of drug-likeness (QED) is 0.133. The molecule has 1 amide bonds. The van der Waals surface area contributed by atoms with Gasteiger partial charge in [0.25, 0.3) is 5.91 Å². The van der Waals surface area contributed by atoms with Gasteiger partial charge in [0.2, 0.25) is 5.75 Å². The first kappa shape index (κ1) is 25.1. The number of nitro benzene ring substituents is 1. The molecule has 8 nitrogen and oxygen atoms in total. The van der Waals surface area contributed by atoms with Crippen LogP contribution in [-0.2, 0) is 11.0 Å². The van der Waals surface area contributed by atoms with Crippen LogP contribution in [0, 0.1) is 21.4 Å². The Morgan fingerprint density at radius 3 is 2.37 bits per heavy atom. The molecule has 3 aromatic rings. The van der Waals surface area contributed by atoms with E-state index in [0.717, 1.165) is 12.1 Å². The number of nitrogens with one attached hydrogen (secondary N) is 1. The highest BCUT2D eigenvalue weighted by Gasteiger charge is 2.33. The Morgan fingerprint density at radius 2 is 1.77 bits per heavy atom. The maximum absolute atomic E-state index is 13.0. The van der Waals surface area contributed by atoms with Crippen LogP contribution >= 0.6 is 11.6 Å². The second-order valence-electron chi connectivity index (χ2n) is 6.89. The smallest absolute Gasteiger partial charge is 0.416 e. The molecule has 12 heteroatoms. The Balaban J connectivity index is 1.98. The summed E-state index contributed by atoms with van der Waals surface area (Å²) in [7, 11) is 0. The minimum Gasteiger partial charge on any atom is -0.508 e. The van der Waals surface area contributed by atoms with Crippen molar-refractivity contribution in [2.75, 3.05) is 5.32 Å². The normalized spacial score (nSPS) is 11.5. The van der Waals surface area contributed by atoms with Gasteiger partial charge in [0.1, 0.15) is 23.1 Å². The first-order chi connectivity index (χ1) is 16.5. The Labute approximate surface area is 200 Å². The molecule has 0 atom stereocenters. The number of carbonyl (C=O) groups is 1. The molecule has 0 radical (unpaired) electrons. The number of phenols is 1. The molecule has 178 valence electrons. The molecule has 3 aromatic carbocycles. The molecule has 2 N–H and O–H groups in total. The lowest BCUT2D eigenvalue weighted by molar-refractivity contribution is -0.385. The maximum Gasteiger partial charge on any atom is 0.416 e. The standard InChI is InChI=1S/C23H13ClF3N3O5/c24-16-2-8-20(35-21-7-1-15(23(25,26)27)11-19(21)30(33)34)13(10-16)9-14(12-28)22(32)29-17-3-5-18(31)6-4-17/h1-11,31H,(H,29,32)/b14-9+. The van der Waals surface area contributed by atoms with E-state index >= 15 is 0 Å². The third-order valence-corrected chi connectivity index (χ3v) is 4.70. The van der Waals surface area contributed by atoms with Crippen LogP contribution < -0.4 is 10.1 Å². The SMILES string of the molecule is N#C/C(=C\c1cc(Cl)ccc1Oc1ccc(C(F)(F)F)cc1[N+](=O)[O-])C(=O)Nc1ccc(O)cc1. The number of nitriles is 1. The Bertz CT molecular complexity index is 1370. The fraction of sp³-hybridized carbons (Fsp3) is 0.0435. The molecular formula is C23H13ClF3N3O5. The Morgan fingerprint density at radius 1 is 1.11 bits per heavy atom. The van der Waals surface area contributed by atoms with Crippen molar-refractivity contribution in [1.82, 2.24) is 0 Å². The summed E-state index contributed by atoms with van der Waals surface area (Å²) in [6, 6.07) is 12.9. The average Bonchev–Trinajstić information content (AvgIpc) is 2.79. The van der Waals surface area contributed by atoms with Crippen molar-refractivity contribution in [1.29, 1.82) is 5.26 Å². The van der Waals surface area contributed by atoms with Crippen molar-refractivity contribution in [3.8, 4) is 23.3 Å². The molecule has 3 rings (SSSR count). The molecule has 0 fully saturated rings. The third kappa shape index (κ3) is 6.27. The number of hydrogen-bond donors (Lipinski definition) is 2. The van der Waals surface area contributed by atoms with E-state index in [1.54, 1.807) is 6.07 Å². The lowest BCUT2D eigenvalue weighted by atomic mass is 10.1. The van der Waals surface area contributed by atoms with Crippen LogP contribution in [0.15, 0.2) is 66.2 Å². The van der Waals surface area contributed by atoms with Crippen LogP contribution in [0.5, 0.6) is 17.2 Å². The first-order valence-corrected chi connectivity index (χ1v) is 9.91.